The number of piperazine rings is 1. The molecular formula is C23H27N3O6S. The Morgan fingerprint density at radius 3 is 2.48 bits per heavy atom. The number of ether oxygens (including phenoxy) is 2. The van der Waals surface area contributed by atoms with Crippen molar-refractivity contribution < 1.29 is 27.5 Å². The Bertz CT molecular complexity index is 1160. The molecule has 9 nitrogen and oxygen atoms in total. The zero-order chi connectivity index (χ0) is 23.6. The standard InChI is InChI=1S/C23H27N3O6S/c1-16-13-19-20(32-15-22(27)24-19)14-21(16)33(29,30)26-11-9-25(10-12-26)23(28)8-5-17-3-6-18(31-2)7-4-17/h3-4,6-7,13-14H,5,8-12,15H2,1-2H3,(H,24,27). The lowest BCUT2D eigenvalue weighted by molar-refractivity contribution is -0.132. The maximum absolute atomic E-state index is 13.3. The van der Waals surface area contributed by atoms with E-state index in [2.05, 4.69) is 5.32 Å². The molecule has 10 heteroatoms. The first-order chi connectivity index (χ1) is 15.8. The first kappa shape index (κ1) is 23.1. The van der Waals surface area contributed by atoms with Gasteiger partial charge in [0.1, 0.15) is 11.5 Å². The second-order valence-electron chi connectivity index (χ2n) is 8.08. The van der Waals surface area contributed by atoms with E-state index < -0.39 is 10.0 Å². The molecule has 0 spiro atoms. The lowest BCUT2D eigenvalue weighted by Crippen LogP contribution is -2.50. The fourth-order valence-electron chi connectivity index (χ4n) is 4.01. The van der Waals surface area contributed by atoms with Gasteiger partial charge in [-0.05, 0) is 42.7 Å². The van der Waals surface area contributed by atoms with Crippen LogP contribution in [0.25, 0.3) is 0 Å². The van der Waals surface area contributed by atoms with Gasteiger partial charge in [0.15, 0.2) is 6.61 Å². The van der Waals surface area contributed by atoms with Crippen LogP contribution >= 0.6 is 0 Å². The lowest BCUT2D eigenvalue weighted by atomic mass is 10.1. The maximum Gasteiger partial charge on any atom is 0.262 e. The summed E-state index contributed by atoms with van der Waals surface area (Å²) < 4.78 is 38.5. The van der Waals surface area contributed by atoms with E-state index in [0.29, 0.717) is 42.9 Å². The van der Waals surface area contributed by atoms with Crippen LogP contribution in [0.1, 0.15) is 17.5 Å². The lowest BCUT2D eigenvalue weighted by Gasteiger charge is -2.34. The van der Waals surface area contributed by atoms with Gasteiger partial charge in [-0.2, -0.15) is 4.31 Å². The summed E-state index contributed by atoms with van der Waals surface area (Å²) >= 11 is 0. The van der Waals surface area contributed by atoms with Crippen molar-refractivity contribution in [3.63, 3.8) is 0 Å². The second-order valence-corrected chi connectivity index (χ2v) is 9.99. The summed E-state index contributed by atoms with van der Waals surface area (Å²) in [5, 5.41) is 2.68. The van der Waals surface area contributed by atoms with Crippen LogP contribution in [0.4, 0.5) is 5.69 Å². The summed E-state index contributed by atoms with van der Waals surface area (Å²) in [5.74, 6) is 0.848. The zero-order valence-electron chi connectivity index (χ0n) is 18.7. The highest BCUT2D eigenvalue weighted by atomic mass is 32.2. The Hall–Kier alpha value is -3.11. The fourth-order valence-corrected chi connectivity index (χ4v) is 5.66. The molecule has 4 rings (SSSR count). The van der Waals surface area contributed by atoms with Crippen LogP contribution in [-0.4, -0.2) is 69.3 Å². The predicted molar refractivity (Wildman–Crippen MR) is 122 cm³/mol. The molecule has 2 aliphatic heterocycles. The monoisotopic (exact) mass is 473 g/mol. The van der Waals surface area contributed by atoms with Gasteiger partial charge in [0.25, 0.3) is 5.91 Å². The van der Waals surface area contributed by atoms with Crippen molar-refractivity contribution in [1.82, 2.24) is 9.21 Å². The molecule has 0 aromatic heterocycles. The van der Waals surface area contributed by atoms with E-state index in [1.54, 1.807) is 25.0 Å². The molecule has 0 aliphatic carbocycles. The number of nitrogens with one attached hydrogen (secondary N) is 1. The third-order valence-corrected chi connectivity index (χ3v) is 7.95. The van der Waals surface area contributed by atoms with Crippen molar-refractivity contribution >= 4 is 27.5 Å². The third kappa shape index (κ3) is 4.96. The number of aryl methyl sites for hydroxylation is 2. The summed E-state index contributed by atoms with van der Waals surface area (Å²) in [4.78, 5) is 26.0. The summed E-state index contributed by atoms with van der Waals surface area (Å²) in [6.07, 6.45) is 0.984. The van der Waals surface area contributed by atoms with Crippen molar-refractivity contribution in [1.29, 1.82) is 0 Å². The Morgan fingerprint density at radius 1 is 1.12 bits per heavy atom. The number of methoxy groups -OCH3 is 1. The molecule has 176 valence electrons. The molecule has 33 heavy (non-hydrogen) atoms. The third-order valence-electron chi connectivity index (χ3n) is 5.91. The van der Waals surface area contributed by atoms with Gasteiger partial charge in [0.2, 0.25) is 15.9 Å². The minimum absolute atomic E-state index is 0.0111. The van der Waals surface area contributed by atoms with E-state index in [1.165, 1.54) is 10.4 Å². The number of nitrogens with zero attached hydrogens (tertiary/aromatic N) is 2. The zero-order valence-corrected chi connectivity index (χ0v) is 19.5. The number of benzene rings is 2. The van der Waals surface area contributed by atoms with E-state index in [1.807, 2.05) is 24.3 Å². The molecule has 0 atom stereocenters. The fraction of sp³-hybridized carbons (Fsp3) is 0.391. The molecule has 1 saturated heterocycles. The summed E-state index contributed by atoms with van der Waals surface area (Å²) in [5.41, 5.74) is 2.04. The van der Waals surface area contributed by atoms with Crippen molar-refractivity contribution in [2.75, 3.05) is 45.2 Å². The number of rotatable bonds is 6. The molecule has 2 heterocycles. The van der Waals surface area contributed by atoms with Gasteiger partial charge < -0.3 is 19.7 Å². The predicted octanol–water partition coefficient (Wildman–Crippen LogP) is 1.80. The molecule has 1 fully saturated rings. The van der Waals surface area contributed by atoms with E-state index in [9.17, 15) is 18.0 Å². The van der Waals surface area contributed by atoms with Gasteiger partial charge in [0.05, 0.1) is 17.7 Å². The van der Waals surface area contributed by atoms with Gasteiger partial charge in [0, 0.05) is 38.7 Å². The first-order valence-corrected chi connectivity index (χ1v) is 12.2. The molecule has 0 unspecified atom stereocenters. The normalized spacial score (nSPS) is 16.5. The average molecular weight is 474 g/mol. The van der Waals surface area contributed by atoms with E-state index in [-0.39, 0.29) is 36.4 Å². The van der Waals surface area contributed by atoms with Crippen LogP contribution < -0.4 is 14.8 Å². The Morgan fingerprint density at radius 2 is 1.82 bits per heavy atom. The van der Waals surface area contributed by atoms with Crippen molar-refractivity contribution in [2.24, 2.45) is 0 Å². The molecule has 2 aromatic rings. The van der Waals surface area contributed by atoms with Gasteiger partial charge >= 0.3 is 0 Å². The number of fused-ring (bicyclic) bond motifs is 1. The molecule has 0 bridgehead atoms. The number of amides is 2. The molecular weight excluding hydrogens is 446 g/mol. The van der Waals surface area contributed by atoms with Crippen LogP contribution in [0.3, 0.4) is 0 Å². The minimum atomic E-state index is -3.76. The summed E-state index contributed by atoms with van der Waals surface area (Å²) in [7, 11) is -2.15. The van der Waals surface area contributed by atoms with Gasteiger partial charge in [-0.15, -0.1) is 0 Å². The highest BCUT2D eigenvalue weighted by molar-refractivity contribution is 7.89. The van der Waals surface area contributed by atoms with Crippen LogP contribution in [0.5, 0.6) is 11.5 Å². The number of hydrogen-bond donors (Lipinski definition) is 1. The summed E-state index contributed by atoms with van der Waals surface area (Å²) in [6.45, 7) is 2.68. The van der Waals surface area contributed by atoms with Gasteiger partial charge in [-0.3, -0.25) is 9.59 Å². The van der Waals surface area contributed by atoms with Crippen LogP contribution in [0.2, 0.25) is 0 Å². The van der Waals surface area contributed by atoms with Crippen LogP contribution in [0, 0.1) is 6.92 Å². The minimum Gasteiger partial charge on any atom is -0.497 e. The maximum atomic E-state index is 13.3. The van der Waals surface area contributed by atoms with Crippen LogP contribution in [-0.2, 0) is 26.0 Å². The van der Waals surface area contributed by atoms with Crippen LogP contribution in [0.15, 0.2) is 41.3 Å². The quantitative estimate of drug-likeness (QED) is 0.686. The largest absolute Gasteiger partial charge is 0.497 e. The Balaban J connectivity index is 1.36. The van der Waals surface area contributed by atoms with Crippen molar-refractivity contribution in [2.45, 2.75) is 24.7 Å². The number of carbonyl (C=O) groups is 2. The Kier molecular flexibility index (Phi) is 6.57. The van der Waals surface area contributed by atoms with Gasteiger partial charge in [-0.25, -0.2) is 8.42 Å². The number of carbonyl (C=O) groups excluding carboxylic acids is 2. The SMILES string of the molecule is COc1ccc(CCC(=O)N2CCN(S(=O)(=O)c3cc4c(cc3C)NC(=O)CO4)CC2)cc1. The smallest absolute Gasteiger partial charge is 0.262 e. The van der Waals surface area contributed by atoms with E-state index >= 15 is 0 Å². The molecule has 2 amide bonds. The summed E-state index contributed by atoms with van der Waals surface area (Å²) in [6, 6.07) is 10.7. The molecule has 1 N–H and O–H groups in total. The Labute approximate surface area is 193 Å². The number of sulfonamides is 1. The highest BCUT2D eigenvalue weighted by Gasteiger charge is 2.32. The molecule has 2 aliphatic rings. The second kappa shape index (κ2) is 9.40. The van der Waals surface area contributed by atoms with Crippen molar-refractivity contribution in [3.05, 3.63) is 47.5 Å². The highest BCUT2D eigenvalue weighted by Crippen LogP contribution is 2.34. The van der Waals surface area contributed by atoms with Gasteiger partial charge in [-0.1, -0.05) is 12.1 Å². The van der Waals surface area contributed by atoms with Crippen molar-refractivity contribution in [3.8, 4) is 11.5 Å². The first-order valence-electron chi connectivity index (χ1n) is 10.8. The number of hydrogen-bond acceptors (Lipinski definition) is 6. The number of anilines is 1. The molecule has 0 saturated carbocycles. The molecule has 2 aromatic carbocycles. The average Bonchev–Trinajstić information content (AvgIpc) is 2.82. The molecule has 0 radical (unpaired) electrons. The van der Waals surface area contributed by atoms with E-state index in [4.69, 9.17) is 9.47 Å². The van der Waals surface area contributed by atoms with E-state index in [0.717, 1.165) is 11.3 Å². The topological polar surface area (TPSA) is 105 Å².